The minimum absolute atomic E-state index is 0.0294. The van der Waals surface area contributed by atoms with Crippen LogP contribution in [0.5, 0.6) is 0 Å². The summed E-state index contributed by atoms with van der Waals surface area (Å²) in [5.74, 6) is 0.199. The van der Waals surface area contributed by atoms with Gasteiger partial charge >= 0.3 is 0 Å². The van der Waals surface area contributed by atoms with Crippen molar-refractivity contribution < 1.29 is 14.7 Å². The Morgan fingerprint density at radius 3 is 2.38 bits per heavy atom. The fourth-order valence-electron chi connectivity index (χ4n) is 4.56. The molecule has 2 aliphatic heterocycles. The molecule has 1 spiro atoms. The van der Waals surface area contributed by atoms with E-state index in [0.29, 0.717) is 0 Å². The zero-order valence-electron chi connectivity index (χ0n) is 12.9. The van der Waals surface area contributed by atoms with Gasteiger partial charge in [0.05, 0.1) is 6.10 Å². The molecule has 0 bridgehead atoms. The predicted octanol–water partition coefficient (Wildman–Crippen LogP) is 1.29. The van der Waals surface area contributed by atoms with Crippen molar-refractivity contribution >= 4 is 11.8 Å². The van der Waals surface area contributed by atoms with Crippen LogP contribution < -0.4 is 0 Å². The van der Waals surface area contributed by atoms with Gasteiger partial charge in [0.25, 0.3) is 0 Å². The van der Waals surface area contributed by atoms with E-state index in [1.807, 2.05) is 9.80 Å². The highest BCUT2D eigenvalue weighted by atomic mass is 16.3. The van der Waals surface area contributed by atoms with Gasteiger partial charge in [-0.3, -0.25) is 9.59 Å². The third kappa shape index (κ3) is 2.45. The topological polar surface area (TPSA) is 60.9 Å². The zero-order valence-corrected chi connectivity index (χ0v) is 12.9. The summed E-state index contributed by atoms with van der Waals surface area (Å²) in [6.45, 7) is 3.11. The van der Waals surface area contributed by atoms with Crippen LogP contribution in [-0.2, 0) is 9.59 Å². The summed E-state index contributed by atoms with van der Waals surface area (Å²) in [7, 11) is 0. The van der Waals surface area contributed by atoms with Crippen LogP contribution in [0.1, 0.15) is 58.3 Å². The number of hydrogen-bond donors (Lipinski definition) is 1. The van der Waals surface area contributed by atoms with E-state index in [4.69, 9.17) is 0 Å². The van der Waals surface area contributed by atoms with Crippen molar-refractivity contribution in [2.24, 2.45) is 0 Å². The lowest BCUT2D eigenvalue weighted by atomic mass is 9.82. The molecule has 21 heavy (non-hydrogen) atoms. The monoisotopic (exact) mass is 294 g/mol. The highest BCUT2D eigenvalue weighted by molar-refractivity contribution is 5.92. The van der Waals surface area contributed by atoms with Crippen molar-refractivity contribution in [2.45, 2.75) is 76.0 Å². The second kappa shape index (κ2) is 5.59. The summed E-state index contributed by atoms with van der Waals surface area (Å²) in [6.07, 6.45) is 6.71. The molecule has 0 aromatic carbocycles. The first-order valence-electron chi connectivity index (χ1n) is 8.32. The smallest absolute Gasteiger partial charge is 0.248 e. The molecule has 1 N–H and O–H groups in total. The minimum Gasteiger partial charge on any atom is -0.393 e. The molecule has 0 aromatic rings. The van der Waals surface area contributed by atoms with Gasteiger partial charge < -0.3 is 14.9 Å². The number of carbonyl (C=O) groups excluding carboxylic acids is 2. The molecule has 5 heteroatoms. The van der Waals surface area contributed by atoms with Crippen molar-refractivity contribution in [3.63, 3.8) is 0 Å². The van der Waals surface area contributed by atoms with E-state index in [1.165, 1.54) is 0 Å². The van der Waals surface area contributed by atoms with E-state index in [2.05, 4.69) is 0 Å². The van der Waals surface area contributed by atoms with Gasteiger partial charge in [0.1, 0.15) is 5.54 Å². The number of rotatable bonds is 1. The fourth-order valence-corrected chi connectivity index (χ4v) is 4.56. The first kappa shape index (κ1) is 14.8. The van der Waals surface area contributed by atoms with Crippen LogP contribution in [0, 0.1) is 0 Å². The van der Waals surface area contributed by atoms with Gasteiger partial charge in [-0.15, -0.1) is 0 Å². The Kier molecular flexibility index (Phi) is 3.95. The summed E-state index contributed by atoms with van der Waals surface area (Å²) in [5, 5.41) is 9.65. The Hall–Kier alpha value is -1.10. The molecular formula is C16H26N2O3. The molecule has 5 nitrogen and oxygen atoms in total. The molecule has 0 aromatic heterocycles. The van der Waals surface area contributed by atoms with Gasteiger partial charge in [0.15, 0.2) is 0 Å². The summed E-state index contributed by atoms with van der Waals surface area (Å²) < 4.78 is 0. The SMILES string of the molecule is CC(=O)N1CCCC12CCCN(C1CCC(O)CC1)C2=O. The highest BCUT2D eigenvalue weighted by Crippen LogP contribution is 2.40. The Morgan fingerprint density at radius 2 is 1.76 bits per heavy atom. The molecule has 2 heterocycles. The first-order valence-corrected chi connectivity index (χ1v) is 8.32. The lowest BCUT2D eigenvalue weighted by Crippen LogP contribution is -2.63. The second-order valence-corrected chi connectivity index (χ2v) is 6.87. The predicted molar refractivity (Wildman–Crippen MR) is 78.6 cm³/mol. The van der Waals surface area contributed by atoms with Gasteiger partial charge in [-0.25, -0.2) is 0 Å². The van der Waals surface area contributed by atoms with Gasteiger partial charge in [-0.05, 0) is 51.4 Å². The maximum atomic E-state index is 13.1. The minimum atomic E-state index is -0.555. The van der Waals surface area contributed by atoms with E-state index in [1.54, 1.807) is 6.92 Å². The summed E-state index contributed by atoms with van der Waals surface area (Å²) in [5.41, 5.74) is -0.555. The van der Waals surface area contributed by atoms with E-state index < -0.39 is 5.54 Å². The number of nitrogens with zero attached hydrogens (tertiary/aromatic N) is 2. The number of aliphatic hydroxyl groups excluding tert-OH is 1. The largest absolute Gasteiger partial charge is 0.393 e. The second-order valence-electron chi connectivity index (χ2n) is 6.87. The van der Waals surface area contributed by atoms with Crippen molar-refractivity contribution in [3.8, 4) is 0 Å². The molecule has 2 amide bonds. The molecular weight excluding hydrogens is 268 g/mol. The van der Waals surface area contributed by atoms with Crippen LogP contribution in [0.3, 0.4) is 0 Å². The summed E-state index contributed by atoms with van der Waals surface area (Å²) in [6, 6.07) is 0.257. The maximum absolute atomic E-state index is 13.1. The van der Waals surface area contributed by atoms with Gasteiger partial charge in [0.2, 0.25) is 11.8 Å². The number of hydrogen-bond acceptors (Lipinski definition) is 3. The molecule has 3 aliphatic rings. The third-order valence-corrected chi connectivity index (χ3v) is 5.62. The van der Waals surface area contributed by atoms with Crippen LogP contribution in [-0.4, -0.2) is 57.5 Å². The quantitative estimate of drug-likeness (QED) is 0.793. The standard InChI is InChI=1S/C16H26N2O3/c1-12(19)18-11-3-9-16(18)8-2-10-17(15(16)21)13-4-6-14(20)7-5-13/h13-14,20H,2-11H2,1H3. The lowest BCUT2D eigenvalue weighted by molar-refractivity contribution is -0.157. The number of piperidine rings is 1. The summed E-state index contributed by atoms with van der Waals surface area (Å²) >= 11 is 0. The van der Waals surface area contributed by atoms with Gasteiger partial charge in [0, 0.05) is 26.1 Å². The first-order chi connectivity index (χ1) is 10.0. The molecule has 1 saturated carbocycles. The molecule has 1 unspecified atom stereocenters. The average molecular weight is 294 g/mol. The van der Waals surface area contributed by atoms with Gasteiger partial charge in [-0.2, -0.15) is 0 Å². The number of likely N-dealkylation sites (tertiary alicyclic amines) is 2. The Morgan fingerprint density at radius 1 is 1.14 bits per heavy atom. The van der Waals surface area contributed by atoms with Crippen LogP contribution >= 0.6 is 0 Å². The Bertz CT molecular complexity index is 431. The number of amides is 2. The normalized spacial score (nSPS) is 37.3. The lowest BCUT2D eigenvalue weighted by Gasteiger charge is -2.47. The van der Waals surface area contributed by atoms with E-state index in [0.717, 1.165) is 64.5 Å². The molecule has 1 atom stereocenters. The molecule has 118 valence electrons. The van der Waals surface area contributed by atoms with E-state index >= 15 is 0 Å². The average Bonchev–Trinajstić information content (AvgIpc) is 2.88. The zero-order chi connectivity index (χ0) is 15.0. The van der Waals surface area contributed by atoms with Crippen LogP contribution in [0.25, 0.3) is 0 Å². The number of carbonyl (C=O) groups is 2. The van der Waals surface area contributed by atoms with E-state index in [-0.39, 0.29) is 24.0 Å². The molecule has 3 fully saturated rings. The molecule has 1 aliphatic carbocycles. The van der Waals surface area contributed by atoms with Crippen molar-refractivity contribution in [1.29, 1.82) is 0 Å². The molecule has 3 rings (SSSR count). The molecule has 2 saturated heterocycles. The van der Waals surface area contributed by atoms with E-state index in [9.17, 15) is 14.7 Å². The van der Waals surface area contributed by atoms with Crippen molar-refractivity contribution in [3.05, 3.63) is 0 Å². The Balaban J connectivity index is 1.79. The number of aliphatic hydroxyl groups is 1. The third-order valence-electron chi connectivity index (χ3n) is 5.62. The molecule has 0 radical (unpaired) electrons. The fraction of sp³-hybridized carbons (Fsp3) is 0.875. The van der Waals surface area contributed by atoms with Gasteiger partial charge in [-0.1, -0.05) is 0 Å². The maximum Gasteiger partial charge on any atom is 0.248 e. The Labute approximate surface area is 126 Å². The van der Waals surface area contributed by atoms with Crippen LogP contribution in [0.4, 0.5) is 0 Å². The highest BCUT2D eigenvalue weighted by Gasteiger charge is 2.53. The summed E-state index contributed by atoms with van der Waals surface area (Å²) in [4.78, 5) is 28.9. The van der Waals surface area contributed by atoms with Crippen molar-refractivity contribution in [1.82, 2.24) is 9.80 Å². The van der Waals surface area contributed by atoms with Crippen LogP contribution in [0.2, 0.25) is 0 Å². The van der Waals surface area contributed by atoms with Crippen molar-refractivity contribution in [2.75, 3.05) is 13.1 Å². The van der Waals surface area contributed by atoms with Crippen LogP contribution in [0.15, 0.2) is 0 Å².